The highest BCUT2D eigenvalue weighted by atomic mass is 16.4. The quantitative estimate of drug-likeness (QED) is 0.919. The van der Waals surface area contributed by atoms with Crippen molar-refractivity contribution in [1.82, 2.24) is 14.5 Å². The third kappa shape index (κ3) is 2.40. The standard InChI is InChI=1S/C17H17N5O2/c1-10-13(5-21-8-15(17(23)24)20-9-21)4-19-16(14(10)3-18)22-6-11-2-12(11)7-22/h4,8-9,11-12H,2,5-7H2,1H3,(H,23,24). The van der Waals surface area contributed by atoms with Gasteiger partial charge < -0.3 is 14.6 Å². The number of fused-ring (bicyclic) bond motifs is 1. The second-order valence-electron chi connectivity index (χ2n) is 6.62. The molecule has 1 saturated carbocycles. The van der Waals surface area contributed by atoms with Crippen molar-refractivity contribution in [2.45, 2.75) is 19.9 Å². The van der Waals surface area contributed by atoms with Crippen LogP contribution in [-0.2, 0) is 6.54 Å². The summed E-state index contributed by atoms with van der Waals surface area (Å²) in [6.45, 7) is 4.35. The van der Waals surface area contributed by atoms with Crippen molar-refractivity contribution in [3.63, 3.8) is 0 Å². The predicted octanol–water partition coefficient (Wildman–Crippen LogP) is 1.66. The number of pyridine rings is 1. The van der Waals surface area contributed by atoms with E-state index in [1.54, 1.807) is 10.8 Å². The van der Waals surface area contributed by atoms with Gasteiger partial charge in [-0.05, 0) is 36.3 Å². The minimum absolute atomic E-state index is 0.00836. The highest BCUT2D eigenvalue weighted by molar-refractivity contribution is 5.84. The van der Waals surface area contributed by atoms with E-state index in [1.165, 1.54) is 18.9 Å². The molecule has 1 aliphatic carbocycles. The van der Waals surface area contributed by atoms with Crippen molar-refractivity contribution in [2.24, 2.45) is 11.8 Å². The molecular formula is C17H17N5O2. The number of carboxylic acid groups (broad SMARTS) is 1. The van der Waals surface area contributed by atoms with E-state index in [1.807, 2.05) is 6.92 Å². The normalized spacial score (nSPS) is 21.4. The average Bonchev–Trinajstić information content (AvgIpc) is 2.98. The van der Waals surface area contributed by atoms with Crippen LogP contribution in [0.25, 0.3) is 0 Å². The summed E-state index contributed by atoms with van der Waals surface area (Å²) in [5, 5.41) is 18.5. The summed E-state index contributed by atoms with van der Waals surface area (Å²) in [6.07, 6.45) is 6.06. The molecule has 122 valence electrons. The number of nitrogens with zero attached hydrogens (tertiary/aromatic N) is 5. The molecule has 1 aliphatic heterocycles. The topological polar surface area (TPSA) is 95.0 Å². The third-order valence-corrected chi connectivity index (χ3v) is 5.02. The van der Waals surface area contributed by atoms with Crippen LogP contribution in [0.3, 0.4) is 0 Å². The van der Waals surface area contributed by atoms with E-state index in [0.29, 0.717) is 12.1 Å². The molecule has 2 atom stereocenters. The number of aromatic nitrogens is 3. The van der Waals surface area contributed by atoms with Crippen LogP contribution in [0, 0.1) is 30.1 Å². The first kappa shape index (κ1) is 14.7. The van der Waals surface area contributed by atoms with Crippen LogP contribution in [0.4, 0.5) is 5.82 Å². The molecule has 2 unspecified atom stereocenters. The molecule has 1 N–H and O–H groups in total. The maximum Gasteiger partial charge on any atom is 0.356 e. The van der Waals surface area contributed by atoms with Gasteiger partial charge in [0.15, 0.2) is 5.69 Å². The summed E-state index contributed by atoms with van der Waals surface area (Å²) in [5.74, 6) is 1.28. The first-order valence-electron chi connectivity index (χ1n) is 7.95. The van der Waals surface area contributed by atoms with Gasteiger partial charge in [0, 0.05) is 25.5 Å². The lowest BCUT2D eigenvalue weighted by Gasteiger charge is -2.22. The zero-order valence-electron chi connectivity index (χ0n) is 13.3. The number of anilines is 1. The Morgan fingerprint density at radius 3 is 2.79 bits per heavy atom. The molecule has 24 heavy (non-hydrogen) atoms. The lowest BCUT2D eigenvalue weighted by molar-refractivity contribution is 0.0691. The molecule has 3 heterocycles. The largest absolute Gasteiger partial charge is 0.476 e. The number of imidazole rings is 1. The minimum Gasteiger partial charge on any atom is -0.476 e. The summed E-state index contributed by atoms with van der Waals surface area (Å²) in [7, 11) is 0. The number of rotatable bonds is 4. The molecule has 2 aromatic rings. The van der Waals surface area contributed by atoms with Gasteiger partial charge >= 0.3 is 5.97 Å². The van der Waals surface area contributed by atoms with Crippen molar-refractivity contribution in [3.8, 4) is 6.07 Å². The van der Waals surface area contributed by atoms with Crippen molar-refractivity contribution < 1.29 is 9.90 Å². The van der Waals surface area contributed by atoms with Crippen LogP contribution < -0.4 is 4.90 Å². The lowest BCUT2D eigenvalue weighted by Crippen LogP contribution is -2.24. The van der Waals surface area contributed by atoms with E-state index >= 15 is 0 Å². The Kier molecular flexibility index (Phi) is 3.27. The van der Waals surface area contributed by atoms with Crippen LogP contribution in [0.5, 0.6) is 0 Å². The summed E-state index contributed by atoms with van der Waals surface area (Å²) in [6, 6.07) is 2.30. The van der Waals surface area contributed by atoms with Crippen LogP contribution >= 0.6 is 0 Å². The van der Waals surface area contributed by atoms with E-state index in [2.05, 4.69) is 20.9 Å². The van der Waals surface area contributed by atoms with Gasteiger partial charge in [0.05, 0.1) is 18.4 Å². The van der Waals surface area contributed by atoms with Crippen LogP contribution in [0.2, 0.25) is 0 Å². The van der Waals surface area contributed by atoms with Gasteiger partial charge in [-0.2, -0.15) is 5.26 Å². The van der Waals surface area contributed by atoms with E-state index in [0.717, 1.165) is 41.9 Å². The van der Waals surface area contributed by atoms with E-state index in [9.17, 15) is 10.1 Å². The SMILES string of the molecule is Cc1c(Cn2cnc(C(=O)O)c2)cnc(N2CC3CC3C2)c1C#N. The third-order valence-electron chi connectivity index (χ3n) is 5.02. The van der Waals surface area contributed by atoms with Gasteiger partial charge in [0.1, 0.15) is 11.9 Å². The summed E-state index contributed by atoms with van der Waals surface area (Å²) in [4.78, 5) is 21.5. The molecule has 0 radical (unpaired) electrons. The zero-order valence-corrected chi connectivity index (χ0v) is 13.3. The van der Waals surface area contributed by atoms with Crippen molar-refractivity contribution in [2.75, 3.05) is 18.0 Å². The van der Waals surface area contributed by atoms with Crippen LogP contribution in [0.15, 0.2) is 18.7 Å². The van der Waals surface area contributed by atoms with E-state index in [4.69, 9.17) is 5.11 Å². The fourth-order valence-electron chi connectivity index (χ4n) is 3.49. The molecule has 7 nitrogen and oxygen atoms in total. The van der Waals surface area contributed by atoms with Gasteiger partial charge in [0.25, 0.3) is 0 Å². The number of nitriles is 1. The maximum absolute atomic E-state index is 10.9. The molecule has 0 amide bonds. The monoisotopic (exact) mass is 323 g/mol. The van der Waals surface area contributed by atoms with Crippen LogP contribution in [-0.4, -0.2) is 38.7 Å². The molecule has 7 heteroatoms. The number of carbonyl (C=O) groups is 1. The molecule has 2 aromatic heterocycles. The number of piperidine rings is 1. The van der Waals surface area contributed by atoms with Crippen molar-refractivity contribution in [3.05, 3.63) is 41.1 Å². The minimum atomic E-state index is -1.05. The molecule has 2 fully saturated rings. The predicted molar refractivity (Wildman–Crippen MR) is 85.8 cm³/mol. The van der Waals surface area contributed by atoms with Gasteiger partial charge in [-0.25, -0.2) is 14.8 Å². The average molecular weight is 323 g/mol. The Hall–Kier alpha value is -2.88. The fraction of sp³-hybridized carbons (Fsp3) is 0.412. The molecule has 1 saturated heterocycles. The van der Waals surface area contributed by atoms with Crippen molar-refractivity contribution in [1.29, 1.82) is 5.26 Å². The lowest BCUT2D eigenvalue weighted by atomic mass is 10.1. The number of aromatic carboxylic acids is 1. The first-order chi connectivity index (χ1) is 11.6. The van der Waals surface area contributed by atoms with Crippen LogP contribution in [0.1, 0.15) is 33.6 Å². The molecule has 0 aromatic carbocycles. The number of hydrogen-bond donors (Lipinski definition) is 1. The summed E-state index contributed by atoms with van der Waals surface area (Å²) >= 11 is 0. The van der Waals surface area contributed by atoms with Gasteiger partial charge in [-0.15, -0.1) is 0 Å². The molecule has 2 aliphatic rings. The molecule has 0 spiro atoms. The van der Waals surface area contributed by atoms with E-state index in [-0.39, 0.29) is 5.69 Å². The van der Waals surface area contributed by atoms with Gasteiger partial charge in [0.2, 0.25) is 0 Å². The first-order valence-corrected chi connectivity index (χ1v) is 7.95. The Morgan fingerprint density at radius 2 is 2.17 bits per heavy atom. The molecule has 0 bridgehead atoms. The fourth-order valence-corrected chi connectivity index (χ4v) is 3.49. The van der Waals surface area contributed by atoms with Crippen molar-refractivity contribution >= 4 is 11.8 Å². The Morgan fingerprint density at radius 1 is 1.42 bits per heavy atom. The van der Waals surface area contributed by atoms with E-state index < -0.39 is 5.97 Å². The number of hydrogen-bond acceptors (Lipinski definition) is 5. The summed E-state index contributed by atoms with van der Waals surface area (Å²) in [5.41, 5.74) is 2.42. The smallest absolute Gasteiger partial charge is 0.356 e. The second kappa shape index (κ2) is 5.34. The Labute approximate surface area is 139 Å². The second-order valence-corrected chi connectivity index (χ2v) is 6.62. The number of carboxylic acids is 1. The maximum atomic E-state index is 10.9. The summed E-state index contributed by atoms with van der Waals surface area (Å²) < 4.78 is 1.69. The Bertz CT molecular complexity index is 856. The highest BCUT2D eigenvalue weighted by Gasteiger charge is 2.46. The highest BCUT2D eigenvalue weighted by Crippen LogP contribution is 2.46. The molecular weight excluding hydrogens is 306 g/mol. The molecule has 4 rings (SSSR count). The van der Waals surface area contributed by atoms with Gasteiger partial charge in [-0.1, -0.05) is 0 Å². The zero-order chi connectivity index (χ0) is 16.8. The Balaban J connectivity index is 1.62. The van der Waals surface area contributed by atoms with Gasteiger partial charge in [-0.3, -0.25) is 0 Å².